The number of nitrogens with zero attached hydrogens (tertiary/aromatic N) is 1. The van der Waals surface area contributed by atoms with Crippen LogP contribution in [0, 0.1) is 0 Å². The third kappa shape index (κ3) is 6.89. The van der Waals surface area contributed by atoms with Gasteiger partial charge in [-0.05, 0) is 17.7 Å². The molecule has 0 heterocycles. The molecule has 0 fully saturated rings. The van der Waals surface area contributed by atoms with Crippen LogP contribution in [0.4, 0.5) is 5.69 Å². The van der Waals surface area contributed by atoms with Gasteiger partial charge in [0.2, 0.25) is 5.91 Å². The molecule has 24 heavy (non-hydrogen) atoms. The van der Waals surface area contributed by atoms with Crippen LogP contribution in [0.5, 0.6) is 0 Å². The van der Waals surface area contributed by atoms with Gasteiger partial charge in [-0.1, -0.05) is 54.1 Å². The lowest BCUT2D eigenvalue weighted by molar-refractivity contribution is -0.116. The van der Waals surface area contributed by atoms with Gasteiger partial charge in [-0.3, -0.25) is 9.69 Å². The number of hydrogen-bond acceptors (Lipinski definition) is 3. The van der Waals surface area contributed by atoms with Gasteiger partial charge in [0, 0.05) is 26.1 Å². The molecule has 0 aliphatic rings. The molecule has 0 radical (unpaired) electrons. The van der Waals surface area contributed by atoms with Gasteiger partial charge in [-0.2, -0.15) is 0 Å². The van der Waals surface area contributed by atoms with Crippen LogP contribution in [0.15, 0.2) is 54.6 Å². The Morgan fingerprint density at radius 1 is 1.04 bits per heavy atom. The van der Waals surface area contributed by atoms with Gasteiger partial charge < -0.3 is 10.4 Å². The Morgan fingerprint density at radius 3 is 2.38 bits per heavy atom. The third-order valence-corrected chi connectivity index (χ3v) is 3.80. The van der Waals surface area contributed by atoms with Gasteiger partial charge >= 0.3 is 0 Å². The lowest BCUT2D eigenvalue weighted by Crippen LogP contribution is -2.30. The van der Waals surface area contributed by atoms with Crippen LogP contribution in [-0.2, 0) is 11.3 Å². The molecule has 2 rings (SSSR count). The summed E-state index contributed by atoms with van der Waals surface area (Å²) in [7, 11) is 0. The fraction of sp³-hybridized carbons (Fsp3) is 0.278. The number of benzene rings is 2. The summed E-state index contributed by atoms with van der Waals surface area (Å²) >= 11 is 6.03. The minimum atomic E-state index is -0.0888. The Morgan fingerprint density at radius 2 is 1.71 bits per heavy atom. The average Bonchev–Trinajstić information content (AvgIpc) is 2.56. The van der Waals surface area contributed by atoms with E-state index in [-0.39, 0.29) is 24.9 Å². The zero-order valence-corrected chi connectivity index (χ0v) is 14.9. The molecule has 6 heteroatoms. The van der Waals surface area contributed by atoms with Gasteiger partial charge in [0.15, 0.2) is 0 Å². The summed E-state index contributed by atoms with van der Waals surface area (Å²) in [5.41, 5.74) is 1.78. The first-order chi connectivity index (χ1) is 11.2. The molecule has 4 nitrogen and oxygen atoms in total. The highest BCUT2D eigenvalue weighted by molar-refractivity contribution is 6.33. The SMILES string of the molecule is Cl.O=C(CCN(CCO)Cc1ccccc1)Nc1ccccc1Cl. The van der Waals surface area contributed by atoms with Crippen molar-refractivity contribution in [2.75, 3.05) is 25.0 Å². The zero-order valence-electron chi connectivity index (χ0n) is 13.3. The molecule has 0 atom stereocenters. The first-order valence-corrected chi connectivity index (χ1v) is 7.98. The van der Waals surface area contributed by atoms with E-state index in [4.69, 9.17) is 11.6 Å². The molecule has 0 saturated heterocycles. The fourth-order valence-corrected chi connectivity index (χ4v) is 2.47. The van der Waals surface area contributed by atoms with Crippen molar-refractivity contribution in [3.05, 3.63) is 65.2 Å². The van der Waals surface area contributed by atoms with Crippen molar-refractivity contribution in [1.82, 2.24) is 4.90 Å². The van der Waals surface area contributed by atoms with Crippen molar-refractivity contribution in [3.8, 4) is 0 Å². The summed E-state index contributed by atoms with van der Waals surface area (Å²) in [5.74, 6) is -0.0888. The molecule has 0 aliphatic carbocycles. The van der Waals surface area contributed by atoms with Crippen molar-refractivity contribution in [1.29, 1.82) is 0 Å². The van der Waals surface area contributed by atoms with Crippen LogP contribution in [0.3, 0.4) is 0 Å². The van der Waals surface area contributed by atoms with E-state index < -0.39 is 0 Å². The second kappa shape index (κ2) is 11.0. The summed E-state index contributed by atoms with van der Waals surface area (Å²) in [6.07, 6.45) is 0.345. The van der Waals surface area contributed by atoms with Crippen molar-refractivity contribution < 1.29 is 9.90 Å². The van der Waals surface area contributed by atoms with Crippen LogP contribution in [0.25, 0.3) is 0 Å². The molecule has 2 aromatic rings. The minimum Gasteiger partial charge on any atom is -0.395 e. The first kappa shape index (κ1) is 20.5. The minimum absolute atomic E-state index is 0. The van der Waals surface area contributed by atoms with E-state index in [0.29, 0.717) is 36.8 Å². The van der Waals surface area contributed by atoms with Gasteiger partial charge in [-0.15, -0.1) is 12.4 Å². The van der Waals surface area contributed by atoms with Crippen LogP contribution < -0.4 is 5.32 Å². The molecule has 0 unspecified atom stereocenters. The second-order valence-corrected chi connectivity index (χ2v) is 5.67. The van der Waals surface area contributed by atoms with Crippen LogP contribution in [0.2, 0.25) is 5.02 Å². The van der Waals surface area contributed by atoms with E-state index in [1.807, 2.05) is 42.5 Å². The maximum Gasteiger partial charge on any atom is 0.225 e. The van der Waals surface area contributed by atoms with Crippen molar-refractivity contribution in [3.63, 3.8) is 0 Å². The molecular weight excluding hydrogens is 347 g/mol. The number of rotatable bonds is 8. The lowest BCUT2D eigenvalue weighted by atomic mass is 10.2. The quantitative estimate of drug-likeness (QED) is 0.748. The highest BCUT2D eigenvalue weighted by atomic mass is 35.5. The lowest BCUT2D eigenvalue weighted by Gasteiger charge is -2.21. The number of aliphatic hydroxyl groups excluding tert-OH is 1. The highest BCUT2D eigenvalue weighted by Gasteiger charge is 2.10. The van der Waals surface area contributed by atoms with Crippen molar-refractivity contribution in [2.24, 2.45) is 0 Å². The molecule has 1 amide bonds. The number of amides is 1. The molecule has 0 bridgehead atoms. The first-order valence-electron chi connectivity index (χ1n) is 7.60. The Bertz CT molecular complexity index is 623. The van der Waals surface area contributed by atoms with E-state index >= 15 is 0 Å². The van der Waals surface area contributed by atoms with E-state index in [9.17, 15) is 9.90 Å². The Kier molecular flexibility index (Phi) is 9.42. The van der Waals surface area contributed by atoms with Crippen LogP contribution >= 0.6 is 24.0 Å². The number of halogens is 2. The van der Waals surface area contributed by atoms with E-state index in [2.05, 4.69) is 10.2 Å². The Hall–Kier alpha value is -1.59. The molecule has 0 aliphatic heterocycles. The number of hydrogen-bond donors (Lipinski definition) is 2. The predicted molar refractivity (Wildman–Crippen MR) is 101 cm³/mol. The largest absolute Gasteiger partial charge is 0.395 e. The van der Waals surface area contributed by atoms with Gasteiger partial charge in [0.05, 0.1) is 17.3 Å². The summed E-state index contributed by atoms with van der Waals surface area (Å²) in [6, 6.07) is 17.2. The topological polar surface area (TPSA) is 52.6 Å². The monoisotopic (exact) mass is 368 g/mol. The molecular formula is C18H22Cl2N2O2. The van der Waals surface area contributed by atoms with Crippen LogP contribution in [0.1, 0.15) is 12.0 Å². The van der Waals surface area contributed by atoms with Gasteiger partial charge in [0.1, 0.15) is 0 Å². The van der Waals surface area contributed by atoms with Gasteiger partial charge in [-0.25, -0.2) is 0 Å². The number of para-hydroxylation sites is 1. The Balaban J connectivity index is 0.00000288. The second-order valence-electron chi connectivity index (χ2n) is 5.26. The third-order valence-electron chi connectivity index (χ3n) is 3.47. The number of carbonyl (C=O) groups is 1. The smallest absolute Gasteiger partial charge is 0.225 e. The molecule has 2 aromatic carbocycles. The van der Waals surface area contributed by atoms with Crippen LogP contribution in [-0.4, -0.2) is 35.6 Å². The molecule has 0 spiro atoms. The average molecular weight is 369 g/mol. The zero-order chi connectivity index (χ0) is 16.5. The number of anilines is 1. The standard InChI is InChI=1S/C18H21ClN2O2.ClH/c19-16-8-4-5-9-17(16)20-18(23)10-11-21(12-13-22)14-15-6-2-1-3-7-15;/h1-9,22H,10-14H2,(H,20,23);1H. The van der Waals surface area contributed by atoms with Gasteiger partial charge in [0.25, 0.3) is 0 Å². The van der Waals surface area contributed by atoms with Crippen molar-refractivity contribution >= 4 is 35.6 Å². The maximum atomic E-state index is 12.1. The predicted octanol–water partition coefficient (Wildman–Crippen LogP) is 3.58. The molecule has 130 valence electrons. The molecule has 0 saturated carbocycles. The molecule has 0 aromatic heterocycles. The fourth-order valence-electron chi connectivity index (χ4n) is 2.29. The summed E-state index contributed by atoms with van der Waals surface area (Å²) < 4.78 is 0. The Labute approximate surface area is 153 Å². The van der Waals surface area contributed by atoms with Crippen molar-refractivity contribution in [2.45, 2.75) is 13.0 Å². The van der Waals surface area contributed by atoms with E-state index in [1.165, 1.54) is 0 Å². The summed E-state index contributed by atoms with van der Waals surface area (Å²) in [6.45, 7) is 1.89. The number of carbonyl (C=O) groups excluding carboxylic acids is 1. The molecule has 2 N–H and O–H groups in total. The maximum absolute atomic E-state index is 12.1. The summed E-state index contributed by atoms with van der Waals surface area (Å²) in [5, 5.41) is 12.5. The normalized spacial score (nSPS) is 10.3. The number of nitrogens with one attached hydrogen (secondary N) is 1. The number of aliphatic hydroxyl groups is 1. The summed E-state index contributed by atoms with van der Waals surface area (Å²) in [4.78, 5) is 14.1. The van der Waals surface area contributed by atoms with E-state index in [0.717, 1.165) is 5.56 Å². The van der Waals surface area contributed by atoms with E-state index in [1.54, 1.807) is 12.1 Å². The highest BCUT2D eigenvalue weighted by Crippen LogP contribution is 2.20.